The number of anilines is 1. The van der Waals surface area contributed by atoms with Crippen LogP contribution in [0.4, 0.5) is 5.69 Å². The van der Waals surface area contributed by atoms with Gasteiger partial charge in [0.05, 0.1) is 0 Å². The second-order valence-electron chi connectivity index (χ2n) is 4.15. The molecule has 4 nitrogen and oxygen atoms in total. The minimum absolute atomic E-state index is 0.0960. The van der Waals surface area contributed by atoms with Crippen molar-refractivity contribution in [2.75, 3.05) is 25.0 Å². The van der Waals surface area contributed by atoms with Gasteiger partial charge in [0.15, 0.2) is 6.61 Å². The summed E-state index contributed by atoms with van der Waals surface area (Å²) in [5.74, 6) is 0.732. The third kappa shape index (κ3) is 3.65. The maximum absolute atomic E-state index is 8.39. The smallest absolute Gasteiger partial charge is 0.174 e. The molecule has 1 aromatic carbocycles. The summed E-state index contributed by atoms with van der Waals surface area (Å²) < 4.78 is 5.19. The Balaban J connectivity index is 1.79. The fourth-order valence-corrected chi connectivity index (χ4v) is 1.96. The van der Waals surface area contributed by atoms with Gasteiger partial charge in [-0.3, -0.25) is 0 Å². The molecule has 0 amide bonds. The van der Waals surface area contributed by atoms with Gasteiger partial charge in [0.2, 0.25) is 0 Å². The highest BCUT2D eigenvalue weighted by atomic mass is 16.5. The van der Waals surface area contributed by atoms with Crippen molar-refractivity contribution in [2.45, 2.75) is 18.9 Å². The molecular formula is C13H17N3O. The van der Waals surface area contributed by atoms with Crippen molar-refractivity contribution in [1.29, 1.82) is 5.26 Å². The molecule has 1 aliphatic heterocycles. The van der Waals surface area contributed by atoms with E-state index in [4.69, 9.17) is 10.00 Å². The molecule has 1 unspecified atom stereocenters. The molecule has 4 heteroatoms. The summed E-state index contributed by atoms with van der Waals surface area (Å²) in [7, 11) is 0. The van der Waals surface area contributed by atoms with Gasteiger partial charge in [-0.1, -0.05) is 0 Å². The maximum atomic E-state index is 8.39. The Morgan fingerprint density at radius 3 is 2.88 bits per heavy atom. The fourth-order valence-electron chi connectivity index (χ4n) is 1.96. The second kappa shape index (κ2) is 6.12. The Labute approximate surface area is 102 Å². The molecule has 2 rings (SSSR count). The molecular weight excluding hydrogens is 214 g/mol. The average Bonchev–Trinajstić information content (AvgIpc) is 2.88. The van der Waals surface area contributed by atoms with Gasteiger partial charge in [-0.25, -0.2) is 0 Å². The molecule has 0 aliphatic carbocycles. The van der Waals surface area contributed by atoms with Gasteiger partial charge >= 0.3 is 0 Å². The molecule has 0 radical (unpaired) electrons. The van der Waals surface area contributed by atoms with Crippen LogP contribution < -0.4 is 15.4 Å². The minimum Gasteiger partial charge on any atom is -0.479 e. The first-order valence-electron chi connectivity index (χ1n) is 5.95. The fraction of sp³-hybridized carbons (Fsp3) is 0.462. The topological polar surface area (TPSA) is 57.1 Å². The van der Waals surface area contributed by atoms with E-state index >= 15 is 0 Å². The molecule has 1 heterocycles. The Morgan fingerprint density at radius 2 is 2.24 bits per heavy atom. The van der Waals surface area contributed by atoms with Gasteiger partial charge in [0.25, 0.3) is 0 Å². The van der Waals surface area contributed by atoms with Gasteiger partial charge in [-0.2, -0.15) is 5.26 Å². The number of hydrogen-bond acceptors (Lipinski definition) is 4. The number of hydrogen-bond donors (Lipinski definition) is 2. The van der Waals surface area contributed by atoms with E-state index in [2.05, 4.69) is 10.6 Å². The quantitative estimate of drug-likeness (QED) is 0.810. The third-order valence-electron chi connectivity index (χ3n) is 2.87. The first-order valence-corrected chi connectivity index (χ1v) is 5.95. The molecule has 1 aromatic rings. The molecule has 0 bridgehead atoms. The van der Waals surface area contributed by atoms with Crippen molar-refractivity contribution in [1.82, 2.24) is 5.32 Å². The van der Waals surface area contributed by atoms with Gasteiger partial charge in [-0.15, -0.1) is 0 Å². The zero-order chi connectivity index (χ0) is 11.9. The van der Waals surface area contributed by atoms with Crippen LogP contribution in [0.1, 0.15) is 12.8 Å². The molecule has 0 aromatic heterocycles. The van der Waals surface area contributed by atoms with Gasteiger partial charge in [-0.05, 0) is 43.7 Å². The maximum Gasteiger partial charge on any atom is 0.174 e. The molecule has 0 spiro atoms. The lowest BCUT2D eigenvalue weighted by atomic mass is 10.2. The highest BCUT2D eigenvalue weighted by molar-refractivity contribution is 5.46. The summed E-state index contributed by atoms with van der Waals surface area (Å²) in [6, 6.07) is 10.2. The summed E-state index contributed by atoms with van der Waals surface area (Å²) >= 11 is 0. The van der Waals surface area contributed by atoms with Crippen LogP contribution in [0.15, 0.2) is 24.3 Å². The molecule has 17 heavy (non-hydrogen) atoms. The van der Waals surface area contributed by atoms with Crippen LogP contribution in [0.5, 0.6) is 5.75 Å². The first-order chi connectivity index (χ1) is 8.38. The second-order valence-corrected chi connectivity index (χ2v) is 4.15. The highest BCUT2D eigenvalue weighted by Crippen LogP contribution is 2.16. The zero-order valence-electron chi connectivity index (χ0n) is 9.78. The number of rotatable bonds is 5. The van der Waals surface area contributed by atoms with Crippen molar-refractivity contribution in [2.24, 2.45) is 0 Å². The molecule has 0 saturated carbocycles. The first kappa shape index (κ1) is 11.7. The lowest BCUT2D eigenvalue weighted by Crippen LogP contribution is -2.29. The van der Waals surface area contributed by atoms with E-state index < -0.39 is 0 Å². The van der Waals surface area contributed by atoms with Crippen LogP contribution in [-0.2, 0) is 0 Å². The Morgan fingerprint density at radius 1 is 1.41 bits per heavy atom. The van der Waals surface area contributed by atoms with Crippen LogP contribution in [0.3, 0.4) is 0 Å². The third-order valence-corrected chi connectivity index (χ3v) is 2.87. The molecule has 1 fully saturated rings. The molecule has 1 aliphatic rings. The molecule has 2 N–H and O–H groups in total. The van der Waals surface area contributed by atoms with E-state index in [1.807, 2.05) is 30.3 Å². The predicted molar refractivity (Wildman–Crippen MR) is 67.1 cm³/mol. The predicted octanol–water partition coefficient (Wildman–Crippen LogP) is 1.75. The van der Waals surface area contributed by atoms with Gasteiger partial charge < -0.3 is 15.4 Å². The van der Waals surface area contributed by atoms with Crippen LogP contribution in [0.25, 0.3) is 0 Å². The lowest BCUT2D eigenvalue weighted by Gasteiger charge is -2.12. The van der Waals surface area contributed by atoms with Crippen molar-refractivity contribution >= 4 is 5.69 Å². The number of nitrogens with zero attached hydrogens (tertiary/aromatic N) is 1. The van der Waals surface area contributed by atoms with Crippen LogP contribution >= 0.6 is 0 Å². The zero-order valence-corrected chi connectivity index (χ0v) is 9.78. The van der Waals surface area contributed by atoms with E-state index in [9.17, 15) is 0 Å². The van der Waals surface area contributed by atoms with Gasteiger partial charge in [0.1, 0.15) is 11.8 Å². The van der Waals surface area contributed by atoms with Crippen LogP contribution in [0, 0.1) is 11.3 Å². The minimum atomic E-state index is 0.0960. The Kier molecular flexibility index (Phi) is 4.23. The number of ether oxygens (including phenoxy) is 1. The van der Waals surface area contributed by atoms with Crippen molar-refractivity contribution in [3.63, 3.8) is 0 Å². The molecule has 1 saturated heterocycles. The molecule has 1 atom stereocenters. The monoisotopic (exact) mass is 231 g/mol. The summed E-state index contributed by atoms with van der Waals surface area (Å²) in [5.41, 5.74) is 1.09. The van der Waals surface area contributed by atoms with Gasteiger partial charge in [0, 0.05) is 18.3 Å². The van der Waals surface area contributed by atoms with Crippen molar-refractivity contribution in [3.8, 4) is 11.8 Å². The van der Waals surface area contributed by atoms with E-state index in [1.165, 1.54) is 12.8 Å². The Bertz CT molecular complexity index is 377. The van der Waals surface area contributed by atoms with Crippen LogP contribution in [0.2, 0.25) is 0 Å². The Hall–Kier alpha value is -1.73. The largest absolute Gasteiger partial charge is 0.479 e. The van der Waals surface area contributed by atoms with E-state index in [0.717, 1.165) is 24.5 Å². The summed E-state index contributed by atoms with van der Waals surface area (Å²) in [5, 5.41) is 15.2. The lowest BCUT2D eigenvalue weighted by molar-refractivity contribution is 0.368. The van der Waals surface area contributed by atoms with Crippen molar-refractivity contribution in [3.05, 3.63) is 24.3 Å². The van der Waals surface area contributed by atoms with E-state index in [-0.39, 0.29) is 6.61 Å². The summed E-state index contributed by atoms with van der Waals surface area (Å²) in [6.07, 6.45) is 2.52. The normalized spacial score (nSPS) is 18.6. The highest BCUT2D eigenvalue weighted by Gasteiger charge is 2.12. The number of nitriles is 1. The number of nitrogens with one attached hydrogen (secondary N) is 2. The van der Waals surface area contributed by atoms with Crippen LogP contribution in [-0.4, -0.2) is 25.7 Å². The van der Waals surface area contributed by atoms with E-state index in [1.54, 1.807) is 0 Å². The SMILES string of the molecule is N#CCOc1ccc(NCC2CCCN2)cc1. The summed E-state index contributed by atoms with van der Waals surface area (Å²) in [6.45, 7) is 2.18. The standard InChI is InChI=1S/C13H17N3O/c14-7-9-17-13-5-3-11(4-6-13)16-10-12-2-1-8-15-12/h3-6,12,15-16H,1-2,8-10H2. The molecule has 90 valence electrons. The average molecular weight is 231 g/mol. The van der Waals surface area contributed by atoms with E-state index in [0.29, 0.717) is 6.04 Å². The summed E-state index contributed by atoms with van der Waals surface area (Å²) in [4.78, 5) is 0. The number of benzene rings is 1. The van der Waals surface area contributed by atoms with Crippen molar-refractivity contribution < 1.29 is 4.74 Å².